The second-order valence-corrected chi connectivity index (χ2v) is 18.2. The smallest absolute Gasteiger partial charge is 0.410 e. The highest BCUT2D eigenvalue weighted by Gasteiger charge is 2.57. The van der Waals surface area contributed by atoms with Crippen LogP contribution in [-0.2, 0) is 17.8 Å². The number of carbonyl (C=O) groups excluding carboxylic acids is 2. The fraction of sp³-hybridized carbons (Fsp3) is 0.511. The number of aromatic hydroxyl groups is 2. The van der Waals surface area contributed by atoms with Crippen LogP contribution >= 0.6 is 0 Å². The summed E-state index contributed by atoms with van der Waals surface area (Å²) in [6, 6.07) is 14.5. The highest BCUT2D eigenvalue weighted by atomic mass is 16.6. The van der Waals surface area contributed by atoms with E-state index in [1.807, 2.05) is 55.4 Å². The third-order valence-electron chi connectivity index (χ3n) is 14.7. The van der Waals surface area contributed by atoms with Gasteiger partial charge in [-0.15, -0.1) is 0 Å². The number of nitrogens with zero attached hydrogens (tertiary/aromatic N) is 4. The molecule has 2 aromatic carbocycles. The number of hydrazine groups is 1. The number of piperazine rings is 1. The molecule has 1 saturated heterocycles. The summed E-state index contributed by atoms with van der Waals surface area (Å²) in [6.45, 7) is 12.4. The van der Waals surface area contributed by atoms with Gasteiger partial charge in [0.1, 0.15) is 17.6 Å². The molecule has 0 bridgehead atoms. The van der Waals surface area contributed by atoms with E-state index in [1.54, 1.807) is 6.07 Å². The van der Waals surface area contributed by atoms with Gasteiger partial charge in [-0.3, -0.25) is 20.2 Å². The number of allylic oxidation sites excluding steroid dienone is 3. The molecule has 6 unspecified atom stereocenters. The van der Waals surface area contributed by atoms with E-state index in [0.717, 1.165) is 50.8 Å². The number of aromatic nitrogens is 1. The van der Waals surface area contributed by atoms with Crippen molar-refractivity contribution in [2.45, 2.75) is 97.8 Å². The number of benzene rings is 2. The van der Waals surface area contributed by atoms with E-state index >= 15 is 0 Å². The van der Waals surface area contributed by atoms with Crippen LogP contribution in [0.25, 0.3) is 5.57 Å². The predicted molar refractivity (Wildman–Crippen MR) is 226 cm³/mol. The lowest BCUT2D eigenvalue weighted by Crippen LogP contribution is -2.51. The van der Waals surface area contributed by atoms with E-state index in [9.17, 15) is 19.8 Å². The number of urea groups is 1. The van der Waals surface area contributed by atoms with Crippen LogP contribution in [-0.4, -0.2) is 69.4 Å². The van der Waals surface area contributed by atoms with Crippen molar-refractivity contribution in [1.82, 2.24) is 20.2 Å². The largest absolute Gasteiger partial charge is 0.508 e. The van der Waals surface area contributed by atoms with E-state index in [2.05, 4.69) is 53.4 Å². The van der Waals surface area contributed by atoms with Gasteiger partial charge in [-0.2, -0.15) is 0 Å². The number of phenolic OH excluding ortho intramolecular Hbond substituents is 2. The standard InChI is InChI=1S/C47H60N6O5/c1-30(2)38-24-33(42(54)26-43(38)55)29-53(44(56)50-48)35-10-7-31(8-11-35)28-51-20-22-52(23-21-51)45(57)58-36-15-17-46(3)34(25-36)9-12-37-40-14-13-39(32-6-5-19-49-27-32)47(40,4)18-16-41(37)46/h5-11,13,19,24,26-27,30,36-37,40-41,54-55H,12,14-18,20-23,25,28-29,48H2,1-4H3,(H,50,56). The monoisotopic (exact) mass is 788 g/mol. The van der Waals surface area contributed by atoms with Crippen molar-refractivity contribution >= 4 is 23.4 Å². The van der Waals surface area contributed by atoms with E-state index in [1.165, 1.54) is 40.5 Å². The highest BCUT2D eigenvalue weighted by Crippen LogP contribution is 2.66. The van der Waals surface area contributed by atoms with Crippen molar-refractivity contribution < 1.29 is 24.5 Å². The minimum atomic E-state index is -0.518. The molecular weight excluding hydrogens is 729 g/mol. The number of phenols is 2. The summed E-state index contributed by atoms with van der Waals surface area (Å²) in [5.41, 5.74) is 9.78. The number of carbonyl (C=O) groups is 2. The predicted octanol–water partition coefficient (Wildman–Crippen LogP) is 8.49. The van der Waals surface area contributed by atoms with Gasteiger partial charge in [-0.25, -0.2) is 15.4 Å². The number of pyridine rings is 1. The first-order chi connectivity index (χ1) is 27.9. The molecule has 11 nitrogen and oxygen atoms in total. The topological polar surface area (TPSA) is 144 Å². The molecule has 11 heteroatoms. The third kappa shape index (κ3) is 7.47. The molecule has 6 atom stereocenters. The second-order valence-electron chi connectivity index (χ2n) is 18.2. The van der Waals surface area contributed by atoms with Gasteiger partial charge in [-0.1, -0.05) is 63.6 Å². The normalized spacial score (nSPS) is 28.1. The number of nitrogens with one attached hydrogen (secondary N) is 1. The number of nitrogens with two attached hydrogens (primary N) is 1. The molecule has 8 rings (SSSR count). The Balaban J connectivity index is 0.830. The van der Waals surface area contributed by atoms with E-state index < -0.39 is 6.03 Å². The quantitative estimate of drug-likeness (QED) is 0.0771. The van der Waals surface area contributed by atoms with Crippen LogP contribution in [0.3, 0.4) is 0 Å². The molecular formula is C47H60N6O5. The molecule has 5 aliphatic rings. The summed E-state index contributed by atoms with van der Waals surface area (Å²) >= 11 is 0. The van der Waals surface area contributed by atoms with Crippen molar-refractivity contribution in [3.8, 4) is 11.5 Å². The Labute approximate surface area is 342 Å². The van der Waals surface area contributed by atoms with E-state index in [4.69, 9.17) is 10.6 Å². The van der Waals surface area contributed by atoms with Gasteiger partial charge in [0.2, 0.25) is 0 Å². The van der Waals surface area contributed by atoms with Crippen LogP contribution in [0.1, 0.15) is 101 Å². The fourth-order valence-corrected chi connectivity index (χ4v) is 11.4. The summed E-state index contributed by atoms with van der Waals surface area (Å²) in [7, 11) is 0. The summed E-state index contributed by atoms with van der Waals surface area (Å²) in [6.07, 6.45) is 16.3. The summed E-state index contributed by atoms with van der Waals surface area (Å²) < 4.78 is 6.24. The summed E-state index contributed by atoms with van der Waals surface area (Å²) in [5.74, 6) is 7.52. The lowest BCUT2D eigenvalue weighted by Gasteiger charge is -2.58. The molecule has 58 heavy (non-hydrogen) atoms. The number of ether oxygens (including phenoxy) is 1. The van der Waals surface area contributed by atoms with Gasteiger partial charge in [0.05, 0.1) is 6.54 Å². The van der Waals surface area contributed by atoms with Crippen LogP contribution in [0.2, 0.25) is 0 Å². The van der Waals surface area contributed by atoms with Crippen molar-refractivity contribution in [1.29, 1.82) is 0 Å². The Bertz CT molecular complexity index is 2060. The van der Waals surface area contributed by atoms with E-state index in [0.29, 0.717) is 54.2 Å². The van der Waals surface area contributed by atoms with Gasteiger partial charge in [-0.05, 0) is 120 Å². The van der Waals surface area contributed by atoms with Crippen molar-refractivity contribution in [2.75, 3.05) is 31.1 Å². The Hall–Kier alpha value is -4.87. The van der Waals surface area contributed by atoms with Gasteiger partial charge < -0.3 is 19.8 Å². The highest BCUT2D eigenvalue weighted by molar-refractivity contribution is 5.91. The Morgan fingerprint density at radius 2 is 1.72 bits per heavy atom. The molecule has 1 aliphatic heterocycles. The molecule has 3 amide bonds. The maximum absolute atomic E-state index is 13.5. The average molecular weight is 789 g/mol. The van der Waals surface area contributed by atoms with Crippen molar-refractivity contribution in [2.24, 2.45) is 34.4 Å². The molecule has 3 aromatic rings. The van der Waals surface area contributed by atoms with Crippen LogP contribution in [0.15, 0.2) is 78.6 Å². The van der Waals surface area contributed by atoms with Gasteiger partial charge in [0.15, 0.2) is 0 Å². The fourth-order valence-electron chi connectivity index (χ4n) is 11.4. The average Bonchev–Trinajstić information content (AvgIpc) is 3.58. The van der Waals surface area contributed by atoms with Crippen LogP contribution in [0, 0.1) is 28.6 Å². The lowest BCUT2D eigenvalue weighted by atomic mass is 9.47. The van der Waals surface area contributed by atoms with E-state index in [-0.39, 0.29) is 47.0 Å². The van der Waals surface area contributed by atoms with Crippen LogP contribution < -0.4 is 16.2 Å². The Kier molecular flexibility index (Phi) is 11.1. The zero-order valence-corrected chi connectivity index (χ0v) is 34.5. The lowest BCUT2D eigenvalue weighted by molar-refractivity contribution is -0.0307. The second kappa shape index (κ2) is 16.1. The summed E-state index contributed by atoms with van der Waals surface area (Å²) in [4.78, 5) is 36.4. The third-order valence-corrected chi connectivity index (χ3v) is 14.7. The molecule has 2 saturated carbocycles. The number of rotatable bonds is 8. The van der Waals surface area contributed by atoms with Crippen LogP contribution in [0.5, 0.6) is 11.5 Å². The maximum Gasteiger partial charge on any atom is 0.410 e. The first kappa shape index (κ1) is 39.9. The molecule has 4 aliphatic carbocycles. The Morgan fingerprint density at radius 3 is 2.43 bits per heavy atom. The Morgan fingerprint density at radius 1 is 0.966 bits per heavy atom. The molecule has 5 N–H and O–H groups in total. The molecule has 3 fully saturated rings. The van der Waals surface area contributed by atoms with Crippen molar-refractivity contribution in [3.05, 3.63) is 101 Å². The minimum Gasteiger partial charge on any atom is -0.508 e. The number of anilines is 1. The number of amides is 3. The molecule has 1 aromatic heterocycles. The molecule has 0 radical (unpaired) electrons. The van der Waals surface area contributed by atoms with Crippen molar-refractivity contribution in [3.63, 3.8) is 0 Å². The zero-order valence-electron chi connectivity index (χ0n) is 34.5. The first-order valence-corrected chi connectivity index (χ1v) is 21.3. The van der Waals surface area contributed by atoms with Gasteiger partial charge in [0.25, 0.3) is 0 Å². The van der Waals surface area contributed by atoms with Gasteiger partial charge >= 0.3 is 12.1 Å². The zero-order chi connectivity index (χ0) is 40.8. The molecule has 308 valence electrons. The summed E-state index contributed by atoms with van der Waals surface area (Å²) in [5, 5.41) is 20.9. The molecule has 0 spiro atoms. The first-order valence-electron chi connectivity index (χ1n) is 21.3. The molecule has 2 heterocycles. The number of fused-ring (bicyclic) bond motifs is 5. The maximum atomic E-state index is 13.5. The minimum absolute atomic E-state index is 0.0190. The number of hydrogen-bond donors (Lipinski definition) is 4. The van der Waals surface area contributed by atoms with Crippen LogP contribution in [0.4, 0.5) is 15.3 Å². The van der Waals surface area contributed by atoms with Gasteiger partial charge in [0, 0.05) is 68.9 Å². The SMILES string of the molecule is CC(C)c1cc(CN(C(=O)NN)c2ccc(CN3CCN(C(=O)OC4CCC5(C)C(=CCC6C5CCC5(C)C(c7cccnc7)=CCC65)C4)CC3)cc2)c(O)cc1O. The number of hydrogen-bond acceptors (Lipinski definition) is 8.